The zero-order valence-corrected chi connectivity index (χ0v) is 8.94. The fraction of sp³-hybridized carbons (Fsp3) is 0.222. The molecule has 2 rings (SSSR count). The molecule has 0 radical (unpaired) electrons. The number of aromatic nitrogens is 5. The number of methoxy groups -OCH3 is 1. The minimum absolute atomic E-state index is 0.195. The molecule has 88 valence electrons. The summed E-state index contributed by atoms with van der Waals surface area (Å²) in [5, 5.41) is 19.4. The summed E-state index contributed by atoms with van der Waals surface area (Å²) in [6.45, 7) is 0. The van der Waals surface area contributed by atoms with Crippen LogP contribution >= 0.6 is 0 Å². The van der Waals surface area contributed by atoms with Crippen molar-refractivity contribution in [3.63, 3.8) is 0 Å². The summed E-state index contributed by atoms with van der Waals surface area (Å²) in [5.74, 6) is -0.577. The first kappa shape index (κ1) is 11.0. The summed E-state index contributed by atoms with van der Waals surface area (Å²) < 4.78 is 6.48. The average molecular weight is 235 g/mol. The van der Waals surface area contributed by atoms with Crippen molar-refractivity contribution in [1.82, 2.24) is 25.2 Å². The van der Waals surface area contributed by atoms with E-state index in [0.29, 0.717) is 17.1 Å². The summed E-state index contributed by atoms with van der Waals surface area (Å²) in [4.78, 5) is 14.6. The summed E-state index contributed by atoms with van der Waals surface area (Å²) in [6.07, 6.45) is 2.70. The molecule has 2 aromatic heterocycles. The first-order valence-electron chi connectivity index (χ1n) is 4.69. The average Bonchev–Trinajstić information content (AvgIpc) is 2.82. The third-order valence-corrected chi connectivity index (χ3v) is 2.07. The van der Waals surface area contributed by atoms with E-state index >= 15 is 0 Å². The largest absolute Gasteiger partial charge is 0.495 e. The van der Waals surface area contributed by atoms with Crippen LogP contribution in [0, 0.1) is 0 Å². The number of carbonyl (C=O) groups is 1. The van der Waals surface area contributed by atoms with Crippen LogP contribution in [0.4, 0.5) is 0 Å². The first-order chi connectivity index (χ1) is 8.20. The molecule has 17 heavy (non-hydrogen) atoms. The van der Waals surface area contributed by atoms with Crippen molar-refractivity contribution in [3.05, 3.63) is 24.3 Å². The zero-order chi connectivity index (χ0) is 12.3. The van der Waals surface area contributed by atoms with Gasteiger partial charge in [-0.2, -0.15) is 4.68 Å². The number of aliphatic carboxylic acids is 1. The standard InChI is InChI=1S/C9H9N5O3/c1-17-8-2-6(14-5-11-12-13-14)4-10-7(8)3-9(15)16/h2,4-5H,3H2,1H3,(H,15,16). The molecule has 0 aliphatic carbocycles. The van der Waals surface area contributed by atoms with Crippen LogP contribution in [-0.2, 0) is 11.2 Å². The molecule has 8 heteroatoms. The maximum Gasteiger partial charge on any atom is 0.309 e. The SMILES string of the molecule is COc1cc(-n2cnnn2)cnc1CC(=O)O. The van der Waals surface area contributed by atoms with Gasteiger partial charge in [0.25, 0.3) is 0 Å². The smallest absolute Gasteiger partial charge is 0.309 e. The number of hydrogen-bond acceptors (Lipinski definition) is 6. The molecular weight excluding hydrogens is 226 g/mol. The maximum absolute atomic E-state index is 10.6. The van der Waals surface area contributed by atoms with Gasteiger partial charge in [0.15, 0.2) is 0 Å². The van der Waals surface area contributed by atoms with Gasteiger partial charge >= 0.3 is 5.97 Å². The van der Waals surface area contributed by atoms with Gasteiger partial charge in [-0.3, -0.25) is 9.78 Å². The third-order valence-electron chi connectivity index (χ3n) is 2.07. The van der Waals surface area contributed by atoms with Crippen molar-refractivity contribution in [2.45, 2.75) is 6.42 Å². The van der Waals surface area contributed by atoms with Crippen LogP contribution in [-0.4, -0.2) is 43.4 Å². The van der Waals surface area contributed by atoms with Crippen molar-refractivity contribution in [3.8, 4) is 11.4 Å². The maximum atomic E-state index is 10.6. The van der Waals surface area contributed by atoms with Crippen LogP contribution in [0.3, 0.4) is 0 Å². The zero-order valence-electron chi connectivity index (χ0n) is 8.94. The molecule has 0 fully saturated rings. The van der Waals surface area contributed by atoms with Gasteiger partial charge < -0.3 is 9.84 Å². The Kier molecular flexibility index (Phi) is 2.95. The highest BCUT2D eigenvalue weighted by molar-refractivity contribution is 5.70. The summed E-state index contributed by atoms with van der Waals surface area (Å²) >= 11 is 0. The van der Waals surface area contributed by atoms with E-state index < -0.39 is 5.97 Å². The van der Waals surface area contributed by atoms with E-state index in [1.54, 1.807) is 6.07 Å². The fourth-order valence-corrected chi connectivity index (χ4v) is 1.32. The molecular formula is C9H9N5O3. The molecule has 0 atom stereocenters. The van der Waals surface area contributed by atoms with E-state index in [1.807, 2.05) is 0 Å². The van der Waals surface area contributed by atoms with Gasteiger partial charge in [0.1, 0.15) is 12.1 Å². The topological polar surface area (TPSA) is 103 Å². The predicted molar refractivity (Wildman–Crippen MR) is 54.8 cm³/mol. The number of hydrogen-bond donors (Lipinski definition) is 1. The molecule has 0 bridgehead atoms. The lowest BCUT2D eigenvalue weighted by atomic mass is 10.2. The second-order valence-electron chi connectivity index (χ2n) is 3.17. The number of ether oxygens (including phenoxy) is 1. The van der Waals surface area contributed by atoms with Crippen LogP contribution in [0.25, 0.3) is 5.69 Å². The lowest BCUT2D eigenvalue weighted by molar-refractivity contribution is -0.136. The molecule has 0 spiro atoms. The number of rotatable bonds is 4. The fourth-order valence-electron chi connectivity index (χ4n) is 1.32. The van der Waals surface area contributed by atoms with Crippen molar-refractivity contribution >= 4 is 5.97 Å². The quantitative estimate of drug-likeness (QED) is 0.775. The van der Waals surface area contributed by atoms with E-state index in [2.05, 4.69) is 20.5 Å². The molecule has 0 saturated heterocycles. The highest BCUT2D eigenvalue weighted by Gasteiger charge is 2.11. The predicted octanol–water partition coefficient (Wildman–Crippen LogP) is -0.307. The third kappa shape index (κ3) is 2.36. The Morgan fingerprint density at radius 3 is 3.00 bits per heavy atom. The van der Waals surface area contributed by atoms with Crippen LogP contribution < -0.4 is 4.74 Å². The summed E-state index contributed by atoms with van der Waals surface area (Å²) in [6, 6.07) is 1.63. The highest BCUT2D eigenvalue weighted by Crippen LogP contribution is 2.19. The van der Waals surface area contributed by atoms with Crippen molar-refractivity contribution < 1.29 is 14.6 Å². The first-order valence-corrected chi connectivity index (χ1v) is 4.69. The molecule has 2 aromatic rings. The summed E-state index contributed by atoms with van der Waals surface area (Å²) in [7, 11) is 1.45. The molecule has 1 N–H and O–H groups in total. The van der Waals surface area contributed by atoms with Crippen LogP contribution in [0.1, 0.15) is 5.69 Å². The number of nitrogens with zero attached hydrogens (tertiary/aromatic N) is 5. The van der Waals surface area contributed by atoms with E-state index in [4.69, 9.17) is 9.84 Å². The molecule has 0 amide bonds. The van der Waals surface area contributed by atoms with Gasteiger partial charge in [0.2, 0.25) is 0 Å². The van der Waals surface area contributed by atoms with Crippen LogP contribution in [0.2, 0.25) is 0 Å². The van der Waals surface area contributed by atoms with Crippen molar-refractivity contribution in [2.24, 2.45) is 0 Å². The molecule has 0 unspecified atom stereocenters. The minimum atomic E-state index is -0.967. The lowest BCUT2D eigenvalue weighted by Crippen LogP contribution is -2.06. The Morgan fingerprint density at radius 1 is 1.59 bits per heavy atom. The highest BCUT2D eigenvalue weighted by atomic mass is 16.5. The summed E-state index contributed by atoms with van der Waals surface area (Å²) in [5.41, 5.74) is 0.956. The Morgan fingerprint density at radius 2 is 2.41 bits per heavy atom. The molecule has 0 saturated carbocycles. The van der Waals surface area contributed by atoms with Gasteiger partial charge in [0, 0.05) is 6.07 Å². The van der Waals surface area contributed by atoms with Crippen LogP contribution in [0.5, 0.6) is 5.75 Å². The Bertz CT molecular complexity index is 525. The van der Waals surface area contributed by atoms with E-state index in [-0.39, 0.29) is 6.42 Å². The second kappa shape index (κ2) is 4.56. The van der Waals surface area contributed by atoms with E-state index in [0.717, 1.165) is 0 Å². The van der Waals surface area contributed by atoms with Gasteiger partial charge in [-0.1, -0.05) is 0 Å². The van der Waals surface area contributed by atoms with Gasteiger partial charge in [-0.15, -0.1) is 5.10 Å². The van der Waals surface area contributed by atoms with Crippen molar-refractivity contribution in [1.29, 1.82) is 0 Å². The van der Waals surface area contributed by atoms with Gasteiger partial charge in [0.05, 0.1) is 31.1 Å². The Labute approximate surface area is 95.9 Å². The molecule has 0 aromatic carbocycles. The molecule has 2 heterocycles. The number of tetrazole rings is 1. The number of carboxylic acid groups (broad SMARTS) is 1. The normalized spacial score (nSPS) is 10.2. The lowest BCUT2D eigenvalue weighted by Gasteiger charge is -2.07. The molecule has 0 aliphatic heterocycles. The number of carboxylic acids is 1. The molecule has 0 aliphatic rings. The second-order valence-corrected chi connectivity index (χ2v) is 3.17. The molecule has 8 nitrogen and oxygen atoms in total. The minimum Gasteiger partial charge on any atom is -0.495 e. The van der Waals surface area contributed by atoms with Crippen molar-refractivity contribution in [2.75, 3.05) is 7.11 Å². The number of pyridine rings is 1. The van der Waals surface area contributed by atoms with Crippen LogP contribution in [0.15, 0.2) is 18.6 Å². The van der Waals surface area contributed by atoms with Gasteiger partial charge in [-0.05, 0) is 10.4 Å². The van der Waals surface area contributed by atoms with E-state index in [1.165, 1.54) is 24.3 Å². The Balaban J connectivity index is 2.37. The van der Waals surface area contributed by atoms with E-state index in [9.17, 15) is 4.79 Å². The Hall–Kier alpha value is -2.51. The van der Waals surface area contributed by atoms with Gasteiger partial charge in [-0.25, -0.2) is 0 Å². The monoisotopic (exact) mass is 235 g/mol.